The SMILES string of the molecule is Nc1ccc(Nc2cc(Cl)c(Cl)cc2Cl)c(C(=O)O)c1. The summed E-state index contributed by atoms with van der Waals surface area (Å²) >= 11 is 17.8. The van der Waals surface area contributed by atoms with Gasteiger partial charge in [0.1, 0.15) is 0 Å². The Hall–Kier alpha value is -1.62. The van der Waals surface area contributed by atoms with Crippen LogP contribution in [0.3, 0.4) is 0 Å². The molecule has 0 aromatic heterocycles. The Morgan fingerprint density at radius 1 is 1.00 bits per heavy atom. The highest BCUT2D eigenvalue weighted by Crippen LogP contribution is 2.34. The van der Waals surface area contributed by atoms with E-state index >= 15 is 0 Å². The number of halogens is 3. The molecule has 0 spiro atoms. The predicted octanol–water partition coefficient (Wildman–Crippen LogP) is 4.67. The van der Waals surface area contributed by atoms with Crippen molar-refractivity contribution in [2.24, 2.45) is 0 Å². The molecule has 2 aromatic carbocycles. The van der Waals surface area contributed by atoms with Crippen molar-refractivity contribution in [1.82, 2.24) is 0 Å². The second-order valence-electron chi connectivity index (χ2n) is 3.98. The van der Waals surface area contributed by atoms with E-state index < -0.39 is 5.97 Å². The summed E-state index contributed by atoms with van der Waals surface area (Å²) in [5.74, 6) is -1.10. The highest BCUT2D eigenvalue weighted by molar-refractivity contribution is 6.44. The molecule has 104 valence electrons. The largest absolute Gasteiger partial charge is 0.478 e. The van der Waals surface area contributed by atoms with Crippen molar-refractivity contribution < 1.29 is 9.90 Å². The molecule has 0 fully saturated rings. The smallest absolute Gasteiger partial charge is 0.337 e. The Bertz CT molecular complexity index is 690. The number of benzene rings is 2. The van der Waals surface area contributed by atoms with Gasteiger partial charge in [0.05, 0.1) is 32.0 Å². The zero-order chi connectivity index (χ0) is 14.9. The van der Waals surface area contributed by atoms with Crippen LogP contribution >= 0.6 is 34.8 Å². The number of nitrogens with one attached hydrogen (secondary N) is 1. The van der Waals surface area contributed by atoms with Crippen molar-refractivity contribution in [1.29, 1.82) is 0 Å². The number of nitrogen functional groups attached to an aromatic ring is 1. The van der Waals surface area contributed by atoms with Gasteiger partial charge in [-0.2, -0.15) is 0 Å². The number of rotatable bonds is 3. The van der Waals surface area contributed by atoms with Gasteiger partial charge >= 0.3 is 5.97 Å². The molecular formula is C13H9Cl3N2O2. The first-order valence-electron chi connectivity index (χ1n) is 5.43. The van der Waals surface area contributed by atoms with E-state index in [0.717, 1.165) is 0 Å². The molecular weight excluding hydrogens is 323 g/mol. The first-order valence-corrected chi connectivity index (χ1v) is 6.56. The van der Waals surface area contributed by atoms with Gasteiger partial charge in [-0.3, -0.25) is 0 Å². The number of aromatic carboxylic acids is 1. The van der Waals surface area contributed by atoms with Gasteiger partial charge in [-0.1, -0.05) is 34.8 Å². The lowest BCUT2D eigenvalue weighted by atomic mass is 10.1. The normalized spacial score (nSPS) is 10.3. The maximum Gasteiger partial charge on any atom is 0.337 e. The van der Waals surface area contributed by atoms with Crippen molar-refractivity contribution in [2.45, 2.75) is 0 Å². The van der Waals surface area contributed by atoms with E-state index in [-0.39, 0.29) is 5.56 Å². The maximum atomic E-state index is 11.2. The first-order chi connectivity index (χ1) is 9.38. The molecule has 0 aliphatic heterocycles. The molecule has 0 bridgehead atoms. The highest BCUT2D eigenvalue weighted by Gasteiger charge is 2.13. The van der Waals surface area contributed by atoms with Crippen LogP contribution in [0, 0.1) is 0 Å². The average molecular weight is 332 g/mol. The fourth-order valence-electron chi connectivity index (χ4n) is 1.61. The zero-order valence-corrected chi connectivity index (χ0v) is 12.2. The lowest BCUT2D eigenvalue weighted by Gasteiger charge is -2.12. The van der Waals surface area contributed by atoms with Crippen LogP contribution in [-0.4, -0.2) is 11.1 Å². The Morgan fingerprint density at radius 3 is 2.30 bits per heavy atom. The minimum Gasteiger partial charge on any atom is -0.478 e. The molecule has 0 atom stereocenters. The quantitative estimate of drug-likeness (QED) is 0.564. The van der Waals surface area contributed by atoms with Crippen LogP contribution < -0.4 is 11.1 Å². The fourth-order valence-corrected chi connectivity index (χ4v) is 2.21. The summed E-state index contributed by atoms with van der Waals surface area (Å²) in [4.78, 5) is 11.2. The number of hydrogen-bond donors (Lipinski definition) is 3. The van der Waals surface area contributed by atoms with Crippen molar-refractivity contribution in [3.8, 4) is 0 Å². The van der Waals surface area contributed by atoms with E-state index in [1.54, 1.807) is 12.1 Å². The second kappa shape index (κ2) is 5.79. The van der Waals surface area contributed by atoms with Gasteiger partial charge in [0.25, 0.3) is 0 Å². The van der Waals surface area contributed by atoms with Crippen LogP contribution in [0.5, 0.6) is 0 Å². The molecule has 2 aromatic rings. The summed E-state index contributed by atoms with van der Waals surface area (Å²) in [6.45, 7) is 0. The summed E-state index contributed by atoms with van der Waals surface area (Å²) in [6.07, 6.45) is 0. The van der Waals surface area contributed by atoms with E-state index in [0.29, 0.717) is 32.1 Å². The molecule has 0 heterocycles. The molecule has 2 rings (SSSR count). The second-order valence-corrected chi connectivity index (χ2v) is 5.20. The lowest BCUT2D eigenvalue weighted by Crippen LogP contribution is -2.04. The van der Waals surface area contributed by atoms with Crippen LogP contribution in [0.2, 0.25) is 15.1 Å². The van der Waals surface area contributed by atoms with Gasteiger partial charge in [0, 0.05) is 5.69 Å². The van der Waals surface area contributed by atoms with Crippen molar-refractivity contribution >= 4 is 57.8 Å². The Balaban J connectivity index is 2.45. The molecule has 0 unspecified atom stereocenters. The number of nitrogens with two attached hydrogens (primary N) is 1. The first kappa shape index (κ1) is 14.8. The van der Waals surface area contributed by atoms with Gasteiger partial charge in [0.2, 0.25) is 0 Å². The molecule has 20 heavy (non-hydrogen) atoms. The van der Waals surface area contributed by atoms with Gasteiger partial charge in [-0.25, -0.2) is 4.79 Å². The van der Waals surface area contributed by atoms with Gasteiger partial charge in [-0.05, 0) is 30.3 Å². The Morgan fingerprint density at radius 2 is 1.65 bits per heavy atom. The van der Waals surface area contributed by atoms with Gasteiger partial charge < -0.3 is 16.2 Å². The summed E-state index contributed by atoms with van der Waals surface area (Å²) < 4.78 is 0. The van der Waals surface area contributed by atoms with E-state index in [1.165, 1.54) is 18.2 Å². The molecule has 0 amide bonds. The van der Waals surface area contributed by atoms with Crippen LogP contribution in [0.4, 0.5) is 17.1 Å². The molecule has 4 N–H and O–H groups in total. The minimum absolute atomic E-state index is 0.0344. The van der Waals surface area contributed by atoms with E-state index in [4.69, 9.17) is 45.6 Å². The molecule has 0 saturated carbocycles. The standard InChI is InChI=1S/C13H9Cl3N2O2/c14-8-4-10(16)12(5-9(8)15)18-11-2-1-6(17)3-7(11)13(19)20/h1-5,18H,17H2,(H,19,20). The highest BCUT2D eigenvalue weighted by atomic mass is 35.5. The molecule has 0 aliphatic rings. The van der Waals surface area contributed by atoms with Crippen LogP contribution in [0.25, 0.3) is 0 Å². The minimum atomic E-state index is -1.10. The van der Waals surface area contributed by atoms with Crippen molar-refractivity contribution in [2.75, 3.05) is 11.1 Å². The predicted molar refractivity (Wildman–Crippen MR) is 82.6 cm³/mol. The van der Waals surface area contributed by atoms with E-state index in [1.807, 2.05) is 0 Å². The molecule has 0 radical (unpaired) electrons. The Kier molecular flexibility index (Phi) is 4.28. The summed E-state index contributed by atoms with van der Waals surface area (Å²) in [7, 11) is 0. The van der Waals surface area contributed by atoms with Crippen molar-refractivity contribution in [3.05, 3.63) is 51.0 Å². The summed E-state index contributed by atoms with van der Waals surface area (Å²) in [5.41, 5.74) is 6.77. The van der Waals surface area contributed by atoms with E-state index in [2.05, 4.69) is 5.32 Å². The molecule has 4 nitrogen and oxygen atoms in total. The summed E-state index contributed by atoms with van der Waals surface area (Å²) in [5, 5.41) is 13.0. The number of anilines is 3. The Labute approximate surface area is 130 Å². The summed E-state index contributed by atoms with van der Waals surface area (Å²) in [6, 6.07) is 7.49. The van der Waals surface area contributed by atoms with Gasteiger partial charge in [-0.15, -0.1) is 0 Å². The van der Waals surface area contributed by atoms with Crippen LogP contribution in [0.1, 0.15) is 10.4 Å². The lowest BCUT2D eigenvalue weighted by molar-refractivity contribution is 0.0698. The molecule has 7 heteroatoms. The number of carboxylic acid groups (broad SMARTS) is 1. The van der Waals surface area contributed by atoms with E-state index in [9.17, 15) is 4.79 Å². The average Bonchev–Trinajstić information content (AvgIpc) is 2.37. The monoisotopic (exact) mass is 330 g/mol. The molecule has 0 aliphatic carbocycles. The topological polar surface area (TPSA) is 75.3 Å². The zero-order valence-electron chi connectivity index (χ0n) is 9.95. The third-order valence-corrected chi connectivity index (χ3v) is 3.59. The third-order valence-electron chi connectivity index (χ3n) is 2.55. The van der Waals surface area contributed by atoms with Crippen LogP contribution in [0.15, 0.2) is 30.3 Å². The fraction of sp³-hybridized carbons (Fsp3) is 0. The maximum absolute atomic E-state index is 11.2. The van der Waals surface area contributed by atoms with Crippen LogP contribution in [-0.2, 0) is 0 Å². The van der Waals surface area contributed by atoms with Crippen molar-refractivity contribution in [3.63, 3.8) is 0 Å². The number of carbonyl (C=O) groups is 1. The third kappa shape index (κ3) is 3.10. The number of hydrogen-bond acceptors (Lipinski definition) is 3. The number of carboxylic acids is 1. The molecule has 0 saturated heterocycles. The van der Waals surface area contributed by atoms with Gasteiger partial charge in [0.15, 0.2) is 0 Å².